The van der Waals surface area contributed by atoms with E-state index in [1.165, 1.54) is 18.2 Å². The van der Waals surface area contributed by atoms with E-state index in [9.17, 15) is 9.90 Å². The molecule has 1 rings (SSSR count). The zero-order chi connectivity index (χ0) is 12.1. The molecular formula is C11H13ClO4. The molecule has 0 saturated heterocycles. The summed E-state index contributed by atoms with van der Waals surface area (Å²) in [5.41, 5.74) is 0.105. The van der Waals surface area contributed by atoms with Crippen molar-refractivity contribution in [2.75, 3.05) is 6.61 Å². The minimum atomic E-state index is -1.04. The number of aliphatic hydroxyl groups is 1. The second-order valence-electron chi connectivity index (χ2n) is 3.32. The second kappa shape index (κ2) is 5.72. The first-order valence-electron chi connectivity index (χ1n) is 4.88. The molecule has 0 radical (unpaired) electrons. The number of hydrogen-bond donors (Lipinski definition) is 2. The van der Waals surface area contributed by atoms with Crippen LogP contribution in [0.2, 0.25) is 5.02 Å². The van der Waals surface area contributed by atoms with E-state index in [1.807, 2.05) is 6.92 Å². The quantitative estimate of drug-likeness (QED) is 0.833. The molecule has 2 N–H and O–H groups in total. The highest BCUT2D eigenvalue weighted by Gasteiger charge is 2.09. The maximum atomic E-state index is 10.6. The van der Waals surface area contributed by atoms with Crippen molar-refractivity contribution in [3.63, 3.8) is 0 Å². The largest absolute Gasteiger partial charge is 0.489 e. The van der Waals surface area contributed by atoms with E-state index in [0.29, 0.717) is 12.2 Å². The van der Waals surface area contributed by atoms with Gasteiger partial charge in [-0.3, -0.25) is 0 Å². The Bertz CT molecular complexity index is 378. The summed E-state index contributed by atoms with van der Waals surface area (Å²) in [6.45, 7) is 1.98. The number of rotatable bonds is 5. The van der Waals surface area contributed by atoms with Gasteiger partial charge in [-0.05, 0) is 24.6 Å². The van der Waals surface area contributed by atoms with Crippen molar-refractivity contribution in [3.8, 4) is 5.75 Å². The molecule has 1 unspecified atom stereocenters. The van der Waals surface area contributed by atoms with E-state index in [-0.39, 0.29) is 17.2 Å². The Hall–Kier alpha value is -1.26. The number of carboxylic acids is 1. The molecular weight excluding hydrogens is 232 g/mol. The molecule has 0 aromatic heterocycles. The number of benzene rings is 1. The third kappa shape index (κ3) is 3.40. The molecule has 4 nitrogen and oxygen atoms in total. The number of aromatic carboxylic acids is 1. The van der Waals surface area contributed by atoms with Crippen molar-refractivity contribution in [2.45, 2.75) is 19.4 Å². The predicted octanol–water partition coefficient (Wildman–Crippen LogP) is 2.19. The topological polar surface area (TPSA) is 66.8 Å². The van der Waals surface area contributed by atoms with Crippen molar-refractivity contribution in [2.24, 2.45) is 0 Å². The molecule has 16 heavy (non-hydrogen) atoms. The van der Waals surface area contributed by atoms with Crippen LogP contribution in [0.1, 0.15) is 23.7 Å². The summed E-state index contributed by atoms with van der Waals surface area (Å²) in [4.78, 5) is 10.6. The van der Waals surface area contributed by atoms with Crippen LogP contribution in [0.25, 0.3) is 0 Å². The van der Waals surface area contributed by atoms with E-state index in [2.05, 4.69) is 0 Å². The molecule has 0 aliphatic carbocycles. The van der Waals surface area contributed by atoms with Gasteiger partial charge in [0, 0.05) is 0 Å². The Morgan fingerprint density at radius 3 is 2.75 bits per heavy atom. The van der Waals surface area contributed by atoms with Gasteiger partial charge in [-0.2, -0.15) is 0 Å². The summed E-state index contributed by atoms with van der Waals surface area (Å²) in [6, 6.07) is 4.20. The lowest BCUT2D eigenvalue weighted by Crippen LogP contribution is -2.16. The van der Waals surface area contributed by atoms with Gasteiger partial charge in [0.2, 0.25) is 0 Å². The number of hydrogen-bond acceptors (Lipinski definition) is 3. The molecule has 0 fully saturated rings. The monoisotopic (exact) mass is 244 g/mol. The average Bonchev–Trinajstić information content (AvgIpc) is 2.26. The molecule has 1 aromatic carbocycles. The lowest BCUT2D eigenvalue weighted by molar-refractivity contribution is 0.0696. The fourth-order valence-corrected chi connectivity index (χ4v) is 1.29. The van der Waals surface area contributed by atoms with Gasteiger partial charge >= 0.3 is 5.97 Å². The Morgan fingerprint density at radius 2 is 2.25 bits per heavy atom. The first-order chi connectivity index (χ1) is 7.54. The third-order valence-corrected chi connectivity index (χ3v) is 2.38. The summed E-state index contributed by atoms with van der Waals surface area (Å²) in [7, 11) is 0. The van der Waals surface area contributed by atoms with Crippen LogP contribution in [-0.4, -0.2) is 28.9 Å². The van der Waals surface area contributed by atoms with Gasteiger partial charge in [-0.1, -0.05) is 18.5 Å². The van der Waals surface area contributed by atoms with E-state index < -0.39 is 12.1 Å². The van der Waals surface area contributed by atoms with Gasteiger partial charge in [-0.15, -0.1) is 0 Å². The number of ether oxygens (including phenoxy) is 1. The fourth-order valence-electron chi connectivity index (χ4n) is 1.05. The van der Waals surface area contributed by atoms with Crippen molar-refractivity contribution < 1.29 is 19.7 Å². The van der Waals surface area contributed by atoms with Crippen molar-refractivity contribution in [1.29, 1.82) is 0 Å². The zero-order valence-electron chi connectivity index (χ0n) is 8.81. The SMILES string of the molecule is CCC(O)COc1ccc(C(=O)O)cc1Cl. The maximum absolute atomic E-state index is 10.6. The Balaban J connectivity index is 2.72. The highest BCUT2D eigenvalue weighted by atomic mass is 35.5. The van der Waals surface area contributed by atoms with Gasteiger partial charge < -0.3 is 14.9 Å². The summed E-state index contributed by atoms with van der Waals surface area (Å²) in [6.07, 6.45) is 0.0420. The highest BCUT2D eigenvalue weighted by molar-refractivity contribution is 6.32. The standard InChI is InChI=1S/C11H13ClO4/c1-2-8(13)6-16-10-4-3-7(11(14)15)5-9(10)12/h3-5,8,13H,2,6H2,1H3,(H,14,15). The molecule has 0 heterocycles. The van der Waals surface area contributed by atoms with Crippen LogP contribution in [0.3, 0.4) is 0 Å². The van der Waals surface area contributed by atoms with Gasteiger partial charge in [0.1, 0.15) is 12.4 Å². The molecule has 1 atom stereocenters. The van der Waals surface area contributed by atoms with Crippen molar-refractivity contribution in [1.82, 2.24) is 0 Å². The maximum Gasteiger partial charge on any atom is 0.335 e. The predicted molar refractivity (Wildman–Crippen MR) is 60.2 cm³/mol. The summed E-state index contributed by atoms with van der Waals surface area (Å²) in [5, 5.41) is 18.2. The van der Waals surface area contributed by atoms with E-state index in [4.69, 9.17) is 21.4 Å². The number of carbonyl (C=O) groups is 1. The normalized spacial score (nSPS) is 12.2. The summed E-state index contributed by atoms with van der Waals surface area (Å²) in [5.74, 6) is -0.666. The zero-order valence-corrected chi connectivity index (χ0v) is 9.57. The Morgan fingerprint density at radius 1 is 1.56 bits per heavy atom. The molecule has 0 saturated carbocycles. The number of aliphatic hydroxyl groups excluding tert-OH is 1. The van der Waals surface area contributed by atoms with Crippen LogP contribution in [0, 0.1) is 0 Å². The molecule has 0 aliphatic heterocycles. The number of carboxylic acid groups (broad SMARTS) is 1. The van der Waals surface area contributed by atoms with Gasteiger partial charge in [0.05, 0.1) is 16.7 Å². The minimum absolute atomic E-state index is 0.105. The second-order valence-corrected chi connectivity index (χ2v) is 3.73. The van der Waals surface area contributed by atoms with Crippen LogP contribution in [0.5, 0.6) is 5.75 Å². The minimum Gasteiger partial charge on any atom is -0.489 e. The molecule has 5 heteroatoms. The molecule has 88 valence electrons. The highest BCUT2D eigenvalue weighted by Crippen LogP contribution is 2.25. The number of halogens is 1. The lowest BCUT2D eigenvalue weighted by atomic mass is 10.2. The van der Waals surface area contributed by atoms with Crippen LogP contribution < -0.4 is 4.74 Å². The Kier molecular flexibility index (Phi) is 4.58. The van der Waals surface area contributed by atoms with E-state index in [0.717, 1.165) is 0 Å². The van der Waals surface area contributed by atoms with Crippen LogP contribution in [0.4, 0.5) is 0 Å². The third-order valence-electron chi connectivity index (χ3n) is 2.08. The Labute approximate surface area is 98.4 Å². The smallest absolute Gasteiger partial charge is 0.335 e. The van der Waals surface area contributed by atoms with E-state index in [1.54, 1.807) is 0 Å². The summed E-state index contributed by atoms with van der Waals surface area (Å²) >= 11 is 5.83. The van der Waals surface area contributed by atoms with Crippen LogP contribution in [0.15, 0.2) is 18.2 Å². The summed E-state index contributed by atoms with van der Waals surface area (Å²) < 4.78 is 5.25. The fraction of sp³-hybridized carbons (Fsp3) is 0.364. The van der Waals surface area contributed by atoms with Gasteiger partial charge in [0.25, 0.3) is 0 Å². The van der Waals surface area contributed by atoms with E-state index >= 15 is 0 Å². The van der Waals surface area contributed by atoms with Crippen LogP contribution >= 0.6 is 11.6 Å². The molecule has 0 amide bonds. The first kappa shape index (κ1) is 12.8. The lowest BCUT2D eigenvalue weighted by Gasteiger charge is -2.11. The van der Waals surface area contributed by atoms with Crippen LogP contribution in [-0.2, 0) is 0 Å². The van der Waals surface area contributed by atoms with Crippen molar-refractivity contribution >= 4 is 17.6 Å². The van der Waals surface area contributed by atoms with Gasteiger partial charge in [0.15, 0.2) is 0 Å². The molecule has 1 aromatic rings. The molecule has 0 spiro atoms. The van der Waals surface area contributed by atoms with Crippen molar-refractivity contribution in [3.05, 3.63) is 28.8 Å². The average molecular weight is 245 g/mol. The first-order valence-corrected chi connectivity index (χ1v) is 5.26. The van der Waals surface area contributed by atoms with Gasteiger partial charge in [-0.25, -0.2) is 4.79 Å². The molecule has 0 bridgehead atoms. The molecule has 0 aliphatic rings.